The molecule has 0 amide bonds. The fourth-order valence-electron chi connectivity index (χ4n) is 2.74. The number of hydrogen-bond acceptors (Lipinski definition) is 3. The molecule has 0 aliphatic heterocycles. The summed E-state index contributed by atoms with van der Waals surface area (Å²) in [4.78, 5) is 15.3. The third-order valence-electron chi connectivity index (χ3n) is 3.98. The van der Waals surface area contributed by atoms with Gasteiger partial charge < -0.3 is 15.0 Å². The van der Waals surface area contributed by atoms with E-state index in [0.29, 0.717) is 13.0 Å². The van der Waals surface area contributed by atoms with Crippen molar-refractivity contribution < 1.29 is 9.53 Å². The number of para-hydroxylation sites is 1. The highest BCUT2D eigenvalue weighted by Gasteiger charge is 2.20. The van der Waals surface area contributed by atoms with Gasteiger partial charge in [0.25, 0.3) is 0 Å². The number of rotatable bonds is 6. The van der Waals surface area contributed by atoms with E-state index in [9.17, 15) is 4.79 Å². The summed E-state index contributed by atoms with van der Waals surface area (Å²) in [5.41, 5.74) is 3.33. The maximum Gasteiger partial charge on any atom is 0.323 e. The number of nitrogens with one attached hydrogen (secondary N) is 2. The Morgan fingerprint density at radius 2 is 1.87 bits per heavy atom. The molecule has 118 valence electrons. The van der Waals surface area contributed by atoms with Crippen LogP contribution in [0.3, 0.4) is 0 Å². The largest absolute Gasteiger partial charge is 0.468 e. The van der Waals surface area contributed by atoms with E-state index in [2.05, 4.69) is 16.4 Å². The van der Waals surface area contributed by atoms with Crippen molar-refractivity contribution in [3.8, 4) is 0 Å². The molecule has 2 N–H and O–H groups in total. The van der Waals surface area contributed by atoms with E-state index < -0.39 is 0 Å². The summed E-state index contributed by atoms with van der Waals surface area (Å²) in [5.74, 6) is -0.244. The lowest BCUT2D eigenvalue weighted by Gasteiger charge is -2.16. The summed E-state index contributed by atoms with van der Waals surface area (Å²) in [7, 11) is 1.43. The highest BCUT2D eigenvalue weighted by Crippen LogP contribution is 2.19. The summed E-state index contributed by atoms with van der Waals surface area (Å²) in [5, 5.41) is 4.44. The van der Waals surface area contributed by atoms with Crippen molar-refractivity contribution in [1.29, 1.82) is 0 Å². The maximum absolute atomic E-state index is 12.1. The molecule has 0 aliphatic rings. The van der Waals surface area contributed by atoms with Crippen molar-refractivity contribution in [2.45, 2.75) is 19.0 Å². The second-order valence-electron chi connectivity index (χ2n) is 5.51. The molecule has 0 bridgehead atoms. The number of esters is 1. The molecule has 0 spiro atoms. The van der Waals surface area contributed by atoms with Gasteiger partial charge in [0, 0.05) is 30.1 Å². The van der Waals surface area contributed by atoms with Gasteiger partial charge >= 0.3 is 5.97 Å². The highest BCUT2D eigenvalue weighted by molar-refractivity contribution is 5.84. The minimum Gasteiger partial charge on any atom is -0.468 e. The first kappa shape index (κ1) is 15.3. The first-order chi connectivity index (χ1) is 11.3. The summed E-state index contributed by atoms with van der Waals surface area (Å²) in [6.45, 7) is 0.628. The van der Waals surface area contributed by atoms with Gasteiger partial charge in [-0.15, -0.1) is 0 Å². The molecular formula is C19H20N2O2. The Labute approximate surface area is 135 Å². The first-order valence-electron chi connectivity index (χ1n) is 7.68. The smallest absolute Gasteiger partial charge is 0.323 e. The van der Waals surface area contributed by atoms with E-state index in [0.717, 1.165) is 22.0 Å². The fraction of sp³-hybridized carbons (Fsp3) is 0.211. The minimum atomic E-state index is -0.376. The van der Waals surface area contributed by atoms with Crippen LogP contribution in [0.5, 0.6) is 0 Å². The van der Waals surface area contributed by atoms with Crippen LogP contribution in [-0.2, 0) is 22.5 Å². The summed E-state index contributed by atoms with van der Waals surface area (Å²) < 4.78 is 4.95. The molecular weight excluding hydrogens is 288 g/mol. The van der Waals surface area contributed by atoms with Crippen LogP contribution in [0.15, 0.2) is 60.8 Å². The summed E-state index contributed by atoms with van der Waals surface area (Å²) in [6.07, 6.45) is 2.55. The Morgan fingerprint density at radius 3 is 2.65 bits per heavy atom. The van der Waals surface area contributed by atoms with Crippen LogP contribution in [0.1, 0.15) is 11.1 Å². The van der Waals surface area contributed by atoms with Gasteiger partial charge in [0.1, 0.15) is 6.04 Å². The van der Waals surface area contributed by atoms with E-state index in [4.69, 9.17) is 4.74 Å². The fourth-order valence-corrected chi connectivity index (χ4v) is 2.74. The van der Waals surface area contributed by atoms with Crippen LogP contribution in [0.4, 0.5) is 0 Å². The molecule has 1 atom stereocenters. The van der Waals surface area contributed by atoms with E-state index in [1.165, 1.54) is 7.11 Å². The minimum absolute atomic E-state index is 0.244. The molecule has 4 heteroatoms. The Hall–Kier alpha value is -2.59. The molecule has 0 aliphatic carbocycles. The quantitative estimate of drug-likeness (QED) is 0.688. The Morgan fingerprint density at radius 1 is 1.13 bits per heavy atom. The van der Waals surface area contributed by atoms with E-state index in [1.807, 2.05) is 54.7 Å². The number of hydrogen-bond donors (Lipinski definition) is 2. The Bertz CT molecular complexity index is 780. The van der Waals surface area contributed by atoms with Gasteiger partial charge in [-0.3, -0.25) is 4.79 Å². The maximum atomic E-state index is 12.1. The molecule has 23 heavy (non-hydrogen) atoms. The molecule has 3 rings (SSSR count). The molecule has 2 aromatic carbocycles. The average Bonchev–Trinajstić information content (AvgIpc) is 3.02. The van der Waals surface area contributed by atoms with Gasteiger partial charge in [0.2, 0.25) is 0 Å². The SMILES string of the molecule is COC(=O)C(Cc1c[nH]c2ccccc12)NCc1ccccc1. The van der Waals surface area contributed by atoms with Gasteiger partial charge in [-0.1, -0.05) is 48.5 Å². The summed E-state index contributed by atoms with van der Waals surface area (Å²) in [6, 6.07) is 17.7. The third kappa shape index (κ3) is 3.60. The standard InChI is InChI=1S/C19H20N2O2/c1-23-19(22)18(20-12-14-7-3-2-4-8-14)11-15-13-21-17-10-6-5-9-16(15)17/h2-10,13,18,20-21H,11-12H2,1H3. The van der Waals surface area contributed by atoms with Crippen LogP contribution in [0.2, 0.25) is 0 Å². The van der Waals surface area contributed by atoms with Crippen LogP contribution in [0.25, 0.3) is 10.9 Å². The highest BCUT2D eigenvalue weighted by atomic mass is 16.5. The van der Waals surface area contributed by atoms with Gasteiger partial charge in [0.15, 0.2) is 0 Å². The zero-order valence-electron chi connectivity index (χ0n) is 13.1. The van der Waals surface area contributed by atoms with Crippen LogP contribution >= 0.6 is 0 Å². The average molecular weight is 308 g/mol. The van der Waals surface area contributed by atoms with E-state index in [1.54, 1.807) is 0 Å². The van der Waals surface area contributed by atoms with Crippen molar-refractivity contribution in [2.24, 2.45) is 0 Å². The third-order valence-corrected chi connectivity index (χ3v) is 3.98. The van der Waals surface area contributed by atoms with Crippen molar-refractivity contribution in [1.82, 2.24) is 10.3 Å². The number of ether oxygens (including phenoxy) is 1. The first-order valence-corrected chi connectivity index (χ1v) is 7.68. The molecule has 4 nitrogen and oxygen atoms in total. The zero-order chi connectivity index (χ0) is 16.1. The Balaban J connectivity index is 1.75. The molecule has 1 unspecified atom stereocenters. The van der Waals surface area contributed by atoms with E-state index in [-0.39, 0.29) is 12.0 Å². The molecule has 1 heterocycles. The number of carbonyl (C=O) groups excluding carboxylic acids is 1. The number of aromatic amines is 1. The second-order valence-corrected chi connectivity index (χ2v) is 5.51. The summed E-state index contributed by atoms with van der Waals surface area (Å²) >= 11 is 0. The van der Waals surface area contributed by atoms with Gasteiger partial charge in [-0.25, -0.2) is 0 Å². The lowest BCUT2D eigenvalue weighted by molar-refractivity contribution is -0.143. The number of carbonyl (C=O) groups is 1. The number of benzene rings is 2. The lowest BCUT2D eigenvalue weighted by atomic mass is 10.0. The number of aromatic nitrogens is 1. The number of fused-ring (bicyclic) bond motifs is 1. The van der Waals surface area contributed by atoms with Crippen LogP contribution in [-0.4, -0.2) is 24.1 Å². The van der Waals surface area contributed by atoms with Crippen molar-refractivity contribution in [2.75, 3.05) is 7.11 Å². The number of methoxy groups -OCH3 is 1. The molecule has 0 radical (unpaired) electrons. The molecule has 0 saturated carbocycles. The second kappa shape index (κ2) is 7.11. The zero-order valence-corrected chi connectivity index (χ0v) is 13.1. The number of H-pyrrole nitrogens is 1. The Kier molecular flexibility index (Phi) is 4.74. The van der Waals surface area contributed by atoms with Gasteiger partial charge in [0.05, 0.1) is 7.11 Å². The molecule has 0 fully saturated rings. The van der Waals surface area contributed by atoms with E-state index >= 15 is 0 Å². The van der Waals surface area contributed by atoms with Crippen molar-refractivity contribution in [3.63, 3.8) is 0 Å². The molecule has 0 saturated heterocycles. The van der Waals surface area contributed by atoms with Crippen LogP contribution < -0.4 is 5.32 Å². The predicted octanol–water partition coefficient (Wildman–Crippen LogP) is 3.04. The van der Waals surface area contributed by atoms with Crippen molar-refractivity contribution in [3.05, 3.63) is 71.9 Å². The topological polar surface area (TPSA) is 54.1 Å². The lowest BCUT2D eigenvalue weighted by Crippen LogP contribution is -2.39. The predicted molar refractivity (Wildman–Crippen MR) is 91.1 cm³/mol. The monoisotopic (exact) mass is 308 g/mol. The molecule has 1 aromatic heterocycles. The normalized spacial score (nSPS) is 12.2. The van der Waals surface area contributed by atoms with Crippen LogP contribution in [0, 0.1) is 0 Å². The molecule has 3 aromatic rings. The van der Waals surface area contributed by atoms with Crippen molar-refractivity contribution >= 4 is 16.9 Å². The van der Waals surface area contributed by atoms with Gasteiger partial charge in [-0.2, -0.15) is 0 Å². The van der Waals surface area contributed by atoms with Gasteiger partial charge in [-0.05, 0) is 17.2 Å².